The molecule has 1 N–H and O–H groups in total. The second kappa shape index (κ2) is 7.37. The third-order valence-corrected chi connectivity index (χ3v) is 4.06. The maximum Gasteiger partial charge on any atom is 0.251 e. The minimum absolute atomic E-state index is 0.173. The molecule has 0 unspecified atom stereocenters. The summed E-state index contributed by atoms with van der Waals surface area (Å²) in [4.78, 5) is 12.3. The fourth-order valence-corrected chi connectivity index (χ4v) is 2.64. The van der Waals surface area contributed by atoms with Gasteiger partial charge in [-0.05, 0) is 60.2 Å². The third-order valence-electron chi connectivity index (χ3n) is 4.06. The van der Waals surface area contributed by atoms with Crippen molar-refractivity contribution >= 4 is 5.91 Å². The fourth-order valence-electron chi connectivity index (χ4n) is 2.64. The van der Waals surface area contributed by atoms with Gasteiger partial charge in [-0.2, -0.15) is 0 Å². The molecule has 0 spiro atoms. The lowest BCUT2D eigenvalue weighted by Crippen LogP contribution is -2.22. The average molecular weight is 365 g/mol. The highest BCUT2D eigenvalue weighted by Gasteiger charge is 2.16. The maximum absolute atomic E-state index is 12.9. The van der Waals surface area contributed by atoms with Gasteiger partial charge in [0.1, 0.15) is 17.3 Å². The van der Waals surface area contributed by atoms with Gasteiger partial charge in [0, 0.05) is 12.1 Å². The molecule has 1 aliphatic heterocycles. The van der Waals surface area contributed by atoms with E-state index in [0.717, 1.165) is 5.56 Å². The molecule has 6 heteroatoms. The largest absolute Gasteiger partial charge is 0.457 e. The Morgan fingerprint density at radius 2 is 1.59 bits per heavy atom. The fraction of sp³-hybridized carbons (Fsp3) is 0.0952. The SMILES string of the molecule is O=C(NCc1ccc(Oc2ccc(F)cc2)cc1)c1ccc2c(c1)OCO2. The van der Waals surface area contributed by atoms with Crippen LogP contribution in [0.5, 0.6) is 23.0 Å². The van der Waals surface area contributed by atoms with Gasteiger partial charge in [0.2, 0.25) is 6.79 Å². The van der Waals surface area contributed by atoms with E-state index in [0.29, 0.717) is 35.1 Å². The number of carbonyl (C=O) groups is 1. The highest BCUT2D eigenvalue weighted by molar-refractivity contribution is 5.94. The molecule has 0 radical (unpaired) electrons. The first-order valence-corrected chi connectivity index (χ1v) is 8.37. The van der Waals surface area contributed by atoms with Gasteiger partial charge in [0.05, 0.1) is 0 Å². The van der Waals surface area contributed by atoms with Crippen LogP contribution < -0.4 is 19.5 Å². The zero-order valence-electron chi connectivity index (χ0n) is 14.3. The summed E-state index contributed by atoms with van der Waals surface area (Å²) in [7, 11) is 0. The molecule has 0 saturated carbocycles. The number of hydrogen-bond acceptors (Lipinski definition) is 4. The summed E-state index contributed by atoms with van der Waals surface area (Å²) >= 11 is 0. The van der Waals surface area contributed by atoms with Gasteiger partial charge < -0.3 is 19.5 Å². The molecule has 136 valence electrons. The van der Waals surface area contributed by atoms with Crippen molar-refractivity contribution in [2.45, 2.75) is 6.54 Å². The van der Waals surface area contributed by atoms with Crippen LogP contribution in [0, 0.1) is 5.82 Å². The lowest BCUT2D eigenvalue weighted by atomic mass is 10.1. The molecule has 3 aromatic rings. The topological polar surface area (TPSA) is 56.8 Å². The van der Waals surface area contributed by atoms with E-state index in [1.165, 1.54) is 12.1 Å². The normalized spacial score (nSPS) is 11.9. The molecular weight excluding hydrogens is 349 g/mol. The second-order valence-corrected chi connectivity index (χ2v) is 5.95. The first-order chi connectivity index (χ1) is 13.2. The summed E-state index contributed by atoms with van der Waals surface area (Å²) in [6.45, 7) is 0.552. The van der Waals surface area contributed by atoms with E-state index in [4.69, 9.17) is 14.2 Å². The van der Waals surface area contributed by atoms with Gasteiger partial charge in [0.15, 0.2) is 11.5 Å². The Labute approximate surface area is 155 Å². The lowest BCUT2D eigenvalue weighted by molar-refractivity contribution is 0.0950. The Balaban J connectivity index is 1.34. The van der Waals surface area contributed by atoms with Crippen LogP contribution in [-0.4, -0.2) is 12.7 Å². The van der Waals surface area contributed by atoms with E-state index >= 15 is 0 Å². The van der Waals surface area contributed by atoms with Crippen LogP contribution in [0.3, 0.4) is 0 Å². The minimum Gasteiger partial charge on any atom is -0.457 e. The maximum atomic E-state index is 12.9. The number of hydrogen-bond donors (Lipinski definition) is 1. The second-order valence-electron chi connectivity index (χ2n) is 5.95. The predicted molar refractivity (Wildman–Crippen MR) is 96.7 cm³/mol. The number of fused-ring (bicyclic) bond motifs is 1. The smallest absolute Gasteiger partial charge is 0.251 e. The van der Waals surface area contributed by atoms with Crippen molar-refractivity contribution in [1.82, 2.24) is 5.32 Å². The quantitative estimate of drug-likeness (QED) is 0.733. The Morgan fingerprint density at radius 1 is 0.926 bits per heavy atom. The van der Waals surface area contributed by atoms with Crippen LogP contribution in [0.25, 0.3) is 0 Å². The third kappa shape index (κ3) is 4.00. The van der Waals surface area contributed by atoms with Gasteiger partial charge in [0.25, 0.3) is 5.91 Å². The molecule has 1 heterocycles. The van der Waals surface area contributed by atoms with Crippen LogP contribution in [-0.2, 0) is 6.54 Å². The van der Waals surface area contributed by atoms with Gasteiger partial charge in [-0.1, -0.05) is 12.1 Å². The number of carbonyl (C=O) groups excluding carboxylic acids is 1. The van der Waals surface area contributed by atoms with E-state index in [1.54, 1.807) is 42.5 Å². The van der Waals surface area contributed by atoms with Crippen LogP contribution >= 0.6 is 0 Å². The highest BCUT2D eigenvalue weighted by atomic mass is 19.1. The number of halogens is 1. The Morgan fingerprint density at radius 3 is 2.33 bits per heavy atom. The van der Waals surface area contributed by atoms with Crippen molar-refractivity contribution in [2.24, 2.45) is 0 Å². The molecule has 0 aliphatic carbocycles. The van der Waals surface area contributed by atoms with Crippen LogP contribution in [0.2, 0.25) is 0 Å². The standard InChI is InChI=1S/C21H16FNO4/c22-16-4-8-18(9-5-16)27-17-6-1-14(2-7-17)12-23-21(24)15-3-10-19-20(11-15)26-13-25-19/h1-11H,12-13H2,(H,23,24). The molecule has 0 saturated heterocycles. The number of amides is 1. The molecule has 0 aromatic heterocycles. The van der Waals surface area contributed by atoms with E-state index < -0.39 is 0 Å². The Bertz CT molecular complexity index is 955. The molecule has 1 aliphatic rings. The van der Waals surface area contributed by atoms with Gasteiger partial charge in [-0.15, -0.1) is 0 Å². The molecule has 4 rings (SSSR count). The molecular formula is C21H16FNO4. The van der Waals surface area contributed by atoms with E-state index in [1.807, 2.05) is 12.1 Å². The zero-order chi connectivity index (χ0) is 18.6. The molecule has 5 nitrogen and oxygen atoms in total. The first-order valence-electron chi connectivity index (χ1n) is 8.37. The molecule has 3 aromatic carbocycles. The number of ether oxygens (including phenoxy) is 3. The summed E-state index contributed by atoms with van der Waals surface area (Å²) < 4.78 is 29.1. The number of nitrogens with one attached hydrogen (secondary N) is 1. The van der Waals surface area contributed by atoms with Crippen molar-refractivity contribution < 1.29 is 23.4 Å². The van der Waals surface area contributed by atoms with Gasteiger partial charge in [-0.3, -0.25) is 4.79 Å². The van der Waals surface area contributed by atoms with Crippen molar-refractivity contribution in [1.29, 1.82) is 0 Å². The van der Waals surface area contributed by atoms with E-state index in [2.05, 4.69) is 5.32 Å². The van der Waals surface area contributed by atoms with Crippen LogP contribution in [0.4, 0.5) is 4.39 Å². The van der Waals surface area contributed by atoms with Crippen LogP contribution in [0.15, 0.2) is 66.7 Å². The highest BCUT2D eigenvalue weighted by Crippen LogP contribution is 2.32. The molecule has 0 bridgehead atoms. The predicted octanol–water partition coefficient (Wildman–Crippen LogP) is 4.28. The monoisotopic (exact) mass is 365 g/mol. The van der Waals surface area contributed by atoms with Crippen molar-refractivity contribution in [3.05, 3.63) is 83.7 Å². The van der Waals surface area contributed by atoms with Gasteiger partial charge in [-0.25, -0.2) is 4.39 Å². The van der Waals surface area contributed by atoms with Gasteiger partial charge >= 0.3 is 0 Å². The van der Waals surface area contributed by atoms with E-state index in [-0.39, 0.29) is 18.5 Å². The molecule has 1 amide bonds. The molecule has 0 fully saturated rings. The Hall–Kier alpha value is -3.54. The number of rotatable bonds is 5. The average Bonchev–Trinajstić information content (AvgIpc) is 3.17. The minimum atomic E-state index is -0.309. The van der Waals surface area contributed by atoms with Crippen molar-refractivity contribution in [3.8, 4) is 23.0 Å². The summed E-state index contributed by atoms with van der Waals surface area (Å²) in [6.07, 6.45) is 0. The van der Waals surface area contributed by atoms with Crippen molar-refractivity contribution in [3.63, 3.8) is 0 Å². The summed E-state index contributed by atoms with van der Waals surface area (Å²) in [6, 6.07) is 18.2. The summed E-state index contributed by atoms with van der Waals surface area (Å²) in [5.74, 6) is 1.90. The zero-order valence-corrected chi connectivity index (χ0v) is 14.3. The summed E-state index contributed by atoms with van der Waals surface area (Å²) in [5, 5.41) is 2.86. The molecule has 0 atom stereocenters. The lowest BCUT2D eigenvalue weighted by Gasteiger charge is -2.08. The molecule has 27 heavy (non-hydrogen) atoms. The van der Waals surface area contributed by atoms with Crippen LogP contribution in [0.1, 0.15) is 15.9 Å². The summed E-state index contributed by atoms with van der Waals surface area (Å²) in [5.41, 5.74) is 1.44. The van der Waals surface area contributed by atoms with E-state index in [9.17, 15) is 9.18 Å². The van der Waals surface area contributed by atoms with Crippen molar-refractivity contribution in [2.75, 3.05) is 6.79 Å². The number of benzene rings is 3. The Kier molecular flexibility index (Phi) is 4.61. The first kappa shape index (κ1) is 16.9.